The summed E-state index contributed by atoms with van der Waals surface area (Å²) in [5.41, 5.74) is 0. The lowest BCUT2D eigenvalue weighted by atomic mass is 10.1. The number of hydrogen-bond donors (Lipinski definition) is 0. The molecule has 0 unspecified atom stereocenters. The van der Waals surface area contributed by atoms with Gasteiger partial charge in [-0.2, -0.15) is 0 Å². The fourth-order valence-electron chi connectivity index (χ4n) is 2.12. The first-order chi connectivity index (χ1) is 8.84. The molecule has 1 heterocycles. The molecule has 0 atom stereocenters. The molecule has 1 fully saturated rings. The predicted octanol–water partition coefficient (Wildman–Crippen LogP) is 3.15. The summed E-state index contributed by atoms with van der Waals surface area (Å²) in [6.45, 7) is 5.06. The third kappa shape index (κ3) is 6.80. The molecular weight excluding hydrogens is 226 g/mol. The van der Waals surface area contributed by atoms with Crippen LogP contribution in [0, 0.1) is 0 Å². The van der Waals surface area contributed by atoms with Gasteiger partial charge in [0.15, 0.2) is 0 Å². The van der Waals surface area contributed by atoms with E-state index in [9.17, 15) is 4.79 Å². The van der Waals surface area contributed by atoms with Gasteiger partial charge < -0.3 is 9.64 Å². The third-order valence-electron chi connectivity index (χ3n) is 3.31. The molecule has 1 amide bonds. The van der Waals surface area contributed by atoms with Gasteiger partial charge in [-0.05, 0) is 18.9 Å². The Morgan fingerprint density at radius 3 is 2.50 bits per heavy atom. The maximum Gasteiger partial charge on any atom is 0.246 e. The van der Waals surface area contributed by atoms with Gasteiger partial charge in [0.1, 0.15) is 0 Å². The lowest BCUT2D eigenvalue weighted by Gasteiger charge is -2.25. The van der Waals surface area contributed by atoms with Crippen molar-refractivity contribution in [3.63, 3.8) is 0 Å². The Morgan fingerprint density at radius 1 is 1.11 bits per heavy atom. The number of allylic oxidation sites excluding steroid dienone is 1. The Morgan fingerprint density at radius 2 is 1.78 bits per heavy atom. The van der Waals surface area contributed by atoms with Crippen molar-refractivity contribution >= 4 is 5.91 Å². The van der Waals surface area contributed by atoms with Crippen molar-refractivity contribution in [2.24, 2.45) is 0 Å². The molecular formula is C15H27NO2. The van der Waals surface area contributed by atoms with Crippen LogP contribution in [-0.4, -0.2) is 37.1 Å². The smallest absolute Gasteiger partial charge is 0.246 e. The molecule has 3 heteroatoms. The van der Waals surface area contributed by atoms with Gasteiger partial charge in [-0.15, -0.1) is 0 Å². The molecule has 0 aromatic carbocycles. The van der Waals surface area contributed by atoms with Gasteiger partial charge in [0.05, 0.1) is 13.2 Å². The van der Waals surface area contributed by atoms with Crippen molar-refractivity contribution in [2.75, 3.05) is 26.3 Å². The monoisotopic (exact) mass is 253 g/mol. The Kier molecular flexibility index (Phi) is 8.57. The number of ether oxygens (including phenoxy) is 1. The number of carbonyl (C=O) groups excluding carboxylic acids is 1. The zero-order valence-corrected chi connectivity index (χ0v) is 11.7. The highest BCUT2D eigenvalue weighted by atomic mass is 16.5. The van der Waals surface area contributed by atoms with Gasteiger partial charge in [-0.3, -0.25) is 4.79 Å². The van der Waals surface area contributed by atoms with Crippen LogP contribution >= 0.6 is 0 Å². The van der Waals surface area contributed by atoms with Crippen molar-refractivity contribution in [3.8, 4) is 0 Å². The lowest BCUT2D eigenvalue weighted by Crippen LogP contribution is -2.39. The van der Waals surface area contributed by atoms with Crippen molar-refractivity contribution in [1.29, 1.82) is 0 Å². The normalized spacial score (nSPS) is 16.4. The first-order valence-corrected chi connectivity index (χ1v) is 7.37. The van der Waals surface area contributed by atoms with Crippen LogP contribution in [0.4, 0.5) is 0 Å². The topological polar surface area (TPSA) is 29.5 Å². The zero-order valence-electron chi connectivity index (χ0n) is 11.7. The average Bonchev–Trinajstić information content (AvgIpc) is 2.42. The number of morpholine rings is 1. The number of unbranched alkanes of at least 4 members (excludes halogenated alkanes) is 6. The molecule has 0 spiro atoms. The second-order valence-corrected chi connectivity index (χ2v) is 4.90. The van der Waals surface area contributed by atoms with E-state index < -0.39 is 0 Å². The summed E-state index contributed by atoms with van der Waals surface area (Å²) in [5.74, 6) is 0.143. The summed E-state index contributed by atoms with van der Waals surface area (Å²) >= 11 is 0. The summed E-state index contributed by atoms with van der Waals surface area (Å²) in [6, 6.07) is 0. The summed E-state index contributed by atoms with van der Waals surface area (Å²) in [6.07, 6.45) is 12.6. The average molecular weight is 253 g/mol. The highest BCUT2D eigenvalue weighted by molar-refractivity contribution is 5.87. The minimum atomic E-state index is 0.143. The maximum atomic E-state index is 11.8. The Balaban J connectivity index is 2.00. The standard InChI is InChI=1S/C15H27NO2/c1-2-3-4-5-6-7-8-9-10-15(17)16-11-13-18-14-12-16/h9-10H,2-8,11-14H2,1H3/b10-9+. The van der Waals surface area contributed by atoms with E-state index in [0.717, 1.165) is 19.5 Å². The quantitative estimate of drug-likeness (QED) is 0.491. The van der Waals surface area contributed by atoms with Crippen LogP contribution < -0.4 is 0 Å². The van der Waals surface area contributed by atoms with Crippen molar-refractivity contribution in [3.05, 3.63) is 12.2 Å². The minimum Gasteiger partial charge on any atom is -0.378 e. The van der Waals surface area contributed by atoms with E-state index in [0.29, 0.717) is 13.2 Å². The number of amides is 1. The Bertz CT molecular complexity index is 245. The van der Waals surface area contributed by atoms with Gasteiger partial charge in [0, 0.05) is 13.1 Å². The van der Waals surface area contributed by atoms with Crippen LogP contribution in [0.2, 0.25) is 0 Å². The fraction of sp³-hybridized carbons (Fsp3) is 0.800. The molecule has 1 aliphatic rings. The van der Waals surface area contributed by atoms with E-state index in [1.165, 1.54) is 38.5 Å². The second kappa shape index (κ2) is 10.1. The first kappa shape index (κ1) is 15.2. The lowest BCUT2D eigenvalue weighted by molar-refractivity contribution is -0.129. The molecule has 1 saturated heterocycles. The van der Waals surface area contributed by atoms with Gasteiger partial charge in [0.2, 0.25) is 5.91 Å². The van der Waals surface area contributed by atoms with E-state index in [-0.39, 0.29) is 5.91 Å². The molecule has 1 rings (SSSR count). The number of nitrogens with zero attached hydrogens (tertiary/aromatic N) is 1. The second-order valence-electron chi connectivity index (χ2n) is 4.90. The molecule has 0 aromatic heterocycles. The molecule has 104 valence electrons. The molecule has 18 heavy (non-hydrogen) atoms. The van der Waals surface area contributed by atoms with Crippen molar-refractivity contribution in [2.45, 2.75) is 51.9 Å². The Labute approximate surface area is 111 Å². The van der Waals surface area contributed by atoms with Crippen molar-refractivity contribution < 1.29 is 9.53 Å². The molecule has 3 nitrogen and oxygen atoms in total. The molecule has 0 aromatic rings. The van der Waals surface area contributed by atoms with Crippen LogP contribution in [-0.2, 0) is 9.53 Å². The Hall–Kier alpha value is -0.830. The summed E-state index contributed by atoms with van der Waals surface area (Å²) in [7, 11) is 0. The maximum absolute atomic E-state index is 11.8. The summed E-state index contributed by atoms with van der Waals surface area (Å²) < 4.78 is 5.22. The third-order valence-corrected chi connectivity index (χ3v) is 3.31. The highest BCUT2D eigenvalue weighted by Crippen LogP contribution is 2.07. The molecule has 0 radical (unpaired) electrons. The largest absolute Gasteiger partial charge is 0.378 e. The van der Waals surface area contributed by atoms with Crippen LogP contribution in [0.3, 0.4) is 0 Å². The van der Waals surface area contributed by atoms with Gasteiger partial charge >= 0.3 is 0 Å². The van der Waals surface area contributed by atoms with Crippen LogP contribution in [0.1, 0.15) is 51.9 Å². The van der Waals surface area contributed by atoms with E-state index in [1.807, 2.05) is 11.0 Å². The van der Waals surface area contributed by atoms with E-state index in [1.54, 1.807) is 6.08 Å². The number of carbonyl (C=O) groups is 1. The number of hydrogen-bond acceptors (Lipinski definition) is 2. The van der Waals surface area contributed by atoms with Crippen LogP contribution in [0.25, 0.3) is 0 Å². The minimum absolute atomic E-state index is 0.143. The first-order valence-electron chi connectivity index (χ1n) is 7.37. The molecule has 1 aliphatic heterocycles. The molecule has 0 aliphatic carbocycles. The molecule has 0 bridgehead atoms. The fourth-order valence-corrected chi connectivity index (χ4v) is 2.12. The van der Waals surface area contributed by atoms with Gasteiger partial charge in [-0.25, -0.2) is 0 Å². The van der Waals surface area contributed by atoms with Gasteiger partial charge in [-0.1, -0.05) is 45.1 Å². The van der Waals surface area contributed by atoms with Crippen LogP contribution in [0.15, 0.2) is 12.2 Å². The van der Waals surface area contributed by atoms with Gasteiger partial charge in [0.25, 0.3) is 0 Å². The highest BCUT2D eigenvalue weighted by Gasteiger charge is 2.13. The number of rotatable bonds is 8. The van der Waals surface area contributed by atoms with Crippen molar-refractivity contribution in [1.82, 2.24) is 4.90 Å². The van der Waals surface area contributed by atoms with E-state index in [2.05, 4.69) is 6.92 Å². The summed E-state index contributed by atoms with van der Waals surface area (Å²) in [5, 5.41) is 0. The SMILES string of the molecule is CCCCCCCC/C=C/C(=O)N1CCOCC1. The predicted molar refractivity (Wildman–Crippen MR) is 74.5 cm³/mol. The molecule has 0 saturated carbocycles. The zero-order chi connectivity index (χ0) is 13.1. The van der Waals surface area contributed by atoms with E-state index in [4.69, 9.17) is 4.74 Å². The summed E-state index contributed by atoms with van der Waals surface area (Å²) in [4.78, 5) is 13.6. The molecule has 0 N–H and O–H groups in total. The van der Waals surface area contributed by atoms with E-state index >= 15 is 0 Å². The van der Waals surface area contributed by atoms with Crippen LogP contribution in [0.5, 0.6) is 0 Å².